The molecule has 21 heteroatoms. The number of hydrogen-bond donors (Lipinski definition) is 0. The van der Waals surface area contributed by atoms with E-state index in [1.807, 2.05) is 98.1 Å². The molecule has 0 aliphatic carbocycles. The van der Waals surface area contributed by atoms with Crippen molar-refractivity contribution in [2.75, 3.05) is 28.2 Å². The fraction of sp³-hybridized carbons (Fsp3) is 0.567. The lowest BCUT2D eigenvalue weighted by Gasteiger charge is -2.35. The molecular weight excluding hydrogens is 1150 g/mol. The molecule has 0 spiro atoms. The van der Waals surface area contributed by atoms with Gasteiger partial charge in [0.15, 0.2) is 24.4 Å². The van der Waals surface area contributed by atoms with Gasteiger partial charge in [0.2, 0.25) is 0 Å². The van der Waals surface area contributed by atoms with Gasteiger partial charge >= 0.3 is 23.9 Å². The molecule has 81 heavy (non-hydrogen) atoms. The van der Waals surface area contributed by atoms with Gasteiger partial charge in [-0.2, -0.15) is 10.2 Å². The summed E-state index contributed by atoms with van der Waals surface area (Å²) >= 11 is 2.18. The van der Waals surface area contributed by atoms with Gasteiger partial charge in [0, 0.05) is 59.6 Å². The first-order chi connectivity index (χ1) is 38.1. The number of amides is 4. The highest BCUT2D eigenvalue weighted by Crippen LogP contribution is 2.25. The Hall–Kier alpha value is -6.65. The second-order valence-electron chi connectivity index (χ2n) is 23.0. The number of ether oxygens (including phenoxy) is 4. The van der Waals surface area contributed by atoms with E-state index in [0.29, 0.717) is 24.2 Å². The summed E-state index contributed by atoms with van der Waals surface area (Å²) in [6.07, 6.45) is 1.21. The molecule has 1 aliphatic rings. The molecule has 2 aromatic heterocycles. The van der Waals surface area contributed by atoms with Crippen LogP contribution in [0.2, 0.25) is 0 Å². The van der Waals surface area contributed by atoms with E-state index in [1.165, 1.54) is 42.0 Å². The Bertz CT molecular complexity index is 2750. The van der Waals surface area contributed by atoms with Crippen molar-refractivity contribution in [2.45, 2.75) is 169 Å². The van der Waals surface area contributed by atoms with Crippen LogP contribution in [0.15, 0.2) is 79.4 Å². The monoisotopic (exact) mass is 1230 g/mol. The average Bonchev–Trinajstić information content (AvgIpc) is 4.13. The molecule has 1 aliphatic heterocycles. The summed E-state index contributed by atoms with van der Waals surface area (Å²) in [5, 5.41) is 8.65. The van der Waals surface area contributed by atoms with E-state index in [0.717, 1.165) is 34.3 Å². The lowest BCUT2D eigenvalue weighted by atomic mass is 9.99. The molecular formula is C60H83IN8O12. The number of halogens is 1. The van der Waals surface area contributed by atoms with E-state index < -0.39 is 96.1 Å². The van der Waals surface area contributed by atoms with Crippen LogP contribution in [0.3, 0.4) is 0 Å². The maximum atomic E-state index is 15.0. The number of cyclic esters (lactones) is 4. The van der Waals surface area contributed by atoms with Gasteiger partial charge in [-0.05, 0) is 114 Å². The van der Waals surface area contributed by atoms with Crippen molar-refractivity contribution >= 4 is 70.1 Å². The Morgan fingerprint density at radius 1 is 0.457 bits per heavy atom. The van der Waals surface area contributed by atoms with Crippen LogP contribution in [-0.2, 0) is 83.2 Å². The molecule has 0 radical (unpaired) electrons. The van der Waals surface area contributed by atoms with Gasteiger partial charge in [0.25, 0.3) is 23.6 Å². The molecule has 1 saturated heterocycles. The number of hydrogen-bond acceptors (Lipinski definition) is 14. The zero-order valence-corrected chi connectivity index (χ0v) is 51.6. The van der Waals surface area contributed by atoms with Gasteiger partial charge in [-0.1, -0.05) is 104 Å². The second-order valence-corrected chi connectivity index (χ2v) is 24.2. The van der Waals surface area contributed by atoms with Gasteiger partial charge < -0.3 is 38.5 Å². The van der Waals surface area contributed by atoms with E-state index in [2.05, 4.69) is 32.8 Å². The number of esters is 4. The van der Waals surface area contributed by atoms with Crippen molar-refractivity contribution in [3.63, 3.8) is 0 Å². The largest absolute Gasteiger partial charge is 0.451 e. The third-order valence-corrected chi connectivity index (χ3v) is 14.8. The highest BCUT2D eigenvalue weighted by Gasteiger charge is 2.43. The summed E-state index contributed by atoms with van der Waals surface area (Å²) in [5.74, 6) is -7.41. The summed E-state index contributed by atoms with van der Waals surface area (Å²) in [7, 11) is 5.58. The van der Waals surface area contributed by atoms with Crippen molar-refractivity contribution in [3.8, 4) is 0 Å². The van der Waals surface area contributed by atoms with Gasteiger partial charge in [-0.15, -0.1) is 0 Å². The van der Waals surface area contributed by atoms with Gasteiger partial charge in [0.1, 0.15) is 24.2 Å². The second kappa shape index (κ2) is 29.9. The molecule has 3 heterocycles. The molecule has 0 N–H and O–H groups in total. The van der Waals surface area contributed by atoms with Crippen LogP contribution in [0.4, 0.5) is 0 Å². The van der Waals surface area contributed by atoms with Crippen LogP contribution < -0.4 is 0 Å². The lowest BCUT2D eigenvalue weighted by molar-refractivity contribution is -0.176. The molecule has 2 aromatic carbocycles. The standard InChI is InChI=1S/C60H83IN8O12/c1-36(2)26-47-57(74)78-41(10)54(71)65(12)50(29-39(7)8)60(77)81-52(31-43-18-22-45(23-19-43)34-69-35-46(61)32-63-69)56(73)67(14)48(27-37(3)4)58(75)79-40(9)53(70)64(11)49(28-38(5)6)59(76)80-51(55(72)66(47)13)30-42-16-20-44(21-17-42)33-68-25-15-24-62-68/h15-25,32,35-41,47-52H,26-31,33-34H2,1-14H3/t40-,41-,47+,48+,49+,50+,51-,52-/m1/s1. The molecule has 4 amide bonds. The molecule has 442 valence electrons. The quantitative estimate of drug-likeness (QED) is 0.0643. The molecule has 5 rings (SSSR count). The SMILES string of the molecule is CC(C)C[C@H]1C(=O)O[C@H](Cc2ccc(Cn3cc(I)cn3)cc2)C(=O)N(C)[C@@H](CC(C)C)C(=O)O[C@H](C)C(=O)N(C)[C@@H](CC(C)C)C(=O)O[C@H](Cc2ccc(Cn3cccn3)cc2)C(=O)N(C)[C@@H](CC(C)C)C(=O)O[C@H](C)C(=O)N1C. The van der Waals surface area contributed by atoms with E-state index >= 15 is 0 Å². The Morgan fingerprint density at radius 3 is 1.09 bits per heavy atom. The first kappa shape index (κ1) is 65.2. The summed E-state index contributed by atoms with van der Waals surface area (Å²) in [4.78, 5) is 122. The Kier molecular flexibility index (Phi) is 24.0. The summed E-state index contributed by atoms with van der Waals surface area (Å²) in [5.41, 5.74) is 3.07. The zero-order chi connectivity index (χ0) is 60.0. The number of aromatic nitrogens is 4. The molecule has 8 atom stereocenters. The third-order valence-electron chi connectivity index (χ3n) is 14.2. The van der Waals surface area contributed by atoms with Crippen molar-refractivity contribution in [1.82, 2.24) is 39.2 Å². The van der Waals surface area contributed by atoms with E-state index in [-0.39, 0.29) is 62.2 Å². The van der Waals surface area contributed by atoms with E-state index in [9.17, 15) is 38.4 Å². The van der Waals surface area contributed by atoms with Crippen LogP contribution in [0.1, 0.15) is 117 Å². The predicted molar refractivity (Wildman–Crippen MR) is 311 cm³/mol. The summed E-state index contributed by atoms with van der Waals surface area (Å²) in [6, 6.07) is 11.4. The topological polar surface area (TPSA) is 222 Å². The van der Waals surface area contributed by atoms with E-state index in [1.54, 1.807) is 46.0 Å². The van der Waals surface area contributed by atoms with Crippen LogP contribution in [0.5, 0.6) is 0 Å². The van der Waals surface area contributed by atoms with Crippen molar-refractivity contribution in [1.29, 1.82) is 0 Å². The van der Waals surface area contributed by atoms with Crippen LogP contribution >= 0.6 is 22.6 Å². The van der Waals surface area contributed by atoms with Crippen molar-refractivity contribution in [2.24, 2.45) is 23.7 Å². The molecule has 0 unspecified atom stereocenters. The molecule has 1 fully saturated rings. The van der Waals surface area contributed by atoms with Crippen LogP contribution in [0, 0.1) is 27.2 Å². The first-order valence-corrected chi connectivity index (χ1v) is 28.9. The van der Waals surface area contributed by atoms with Gasteiger partial charge in [-0.3, -0.25) is 28.5 Å². The van der Waals surface area contributed by atoms with Gasteiger partial charge in [-0.25, -0.2) is 19.2 Å². The Morgan fingerprint density at radius 2 is 0.778 bits per heavy atom. The Labute approximate surface area is 490 Å². The summed E-state index contributed by atoms with van der Waals surface area (Å²) in [6.45, 7) is 18.5. The smallest absolute Gasteiger partial charge is 0.329 e. The highest BCUT2D eigenvalue weighted by molar-refractivity contribution is 14.1. The van der Waals surface area contributed by atoms with Crippen LogP contribution in [0.25, 0.3) is 0 Å². The van der Waals surface area contributed by atoms with Crippen molar-refractivity contribution < 1.29 is 57.3 Å². The average molecular weight is 1240 g/mol. The number of benzene rings is 2. The maximum Gasteiger partial charge on any atom is 0.329 e. The Balaban J connectivity index is 1.59. The predicted octanol–water partition coefficient (Wildman–Crippen LogP) is 6.76. The van der Waals surface area contributed by atoms with Crippen molar-refractivity contribution in [3.05, 3.63) is 105 Å². The fourth-order valence-electron chi connectivity index (χ4n) is 9.66. The number of likely N-dealkylation sites (N-methyl/N-ethyl adjacent to an activating group) is 4. The third kappa shape index (κ3) is 18.7. The lowest BCUT2D eigenvalue weighted by Crippen LogP contribution is -2.55. The van der Waals surface area contributed by atoms with E-state index in [4.69, 9.17) is 18.9 Å². The van der Waals surface area contributed by atoms with Crippen LogP contribution in [-0.4, -0.2) is 163 Å². The normalized spacial score (nSPS) is 23.1. The first-order valence-electron chi connectivity index (χ1n) is 27.8. The molecule has 20 nitrogen and oxygen atoms in total. The molecule has 0 bridgehead atoms. The zero-order valence-electron chi connectivity index (χ0n) is 49.4. The fourth-order valence-corrected chi connectivity index (χ4v) is 10.1. The summed E-state index contributed by atoms with van der Waals surface area (Å²) < 4.78 is 28.7. The minimum absolute atomic E-state index is 0.0840. The molecule has 0 saturated carbocycles. The number of nitrogens with zero attached hydrogens (tertiary/aromatic N) is 8. The maximum absolute atomic E-state index is 15.0. The minimum Gasteiger partial charge on any atom is -0.451 e. The molecule has 4 aromatic rings. The minimum atomic E-state index is -1.53. The number of carbonyl (C=O) groups is 8. The highest BCUT2D eigenvalue weighted by atomic mass is 127. The van der Waals surface area contributed by atoms with Gasteiger partial charge in [0.05, 0.1) is 22.9 Å². The number of rotatable bonds is 16. The number of carbonyl (C=O) groups excluding carboxylic acids is 8.